The van der Waals surface area contributed by atoms with Crippen LogP contribution in [0.3, 0.4) is 0 Å². The quantitative estimate of drug-likeness (QED) is 0.671. The van der Waals surface area contributed by atoms with Crippen LogP contribution in [0.5, 0.6) is 0 Å². The second kappa shape index (κ2) is 3.30. The lowest BCUT2D eigenvalue weighted by Crippen LogP contribution is -1.95. The normalized spacial score (nSPS) is 11.7. The Morgan fingerprint density at radius 1 is 1.12 bits per heavy atom. The Bertz CT molecular complexity index is 652. The van der Waals surface area contributed by atoms with Crippen molar-refractivity contribution >= 4 is 21.8 Å². The minimum absolute atomic E-state index is 0.385. The third-order valence-corrected chi connectivity index (χ3v) is 2.89. The number of benzene rings is 1. The second-order valence-corrected chi connectivity index (χ2v) is 4.34. The van der Waals surface area contributed by atoms with Gasteiger partial charge < -0.3 is 4.98 Å². The summed E-state index contributed by atoms with van der Waals surface area (Å²) in [5, 5.41) is 10.7. The largest absolute Gasteiger partial charge is 0.353 e. The molecule has 80 valence electrons. The topological polar surface area (TPSA) is 41.6 Å². The number of H-pyrrole nitrogens is 1. The first kappa shape index (κ1) is 9.33. The van der Waals surface area contributed by atoms with Crippen LogP contribution in [0, 0.1) is 0 Å². The van der Waals surface area contributed by atoms with E-state index in [1.54, 1.807) is 6.20 Å². The molecule has 3 rings (SSSR count). The van der Waals surface area contributed by atoms with Gasteiger partial charge in [0.25, 0.3) is 0 Å². The predicted molar refractivity (Wildman–Crippen MR) is 65.5 cm³/mol. The van der Waals surface area contributed by atoms with E-state index in [-0.39, 0.29) is 0 Å². The van der Waals surface area contributed by atoms with Gasteiger partial charge in [-0.2, -0.15) is 10.2 Å². The van der Waals surface area contributed by atoms with E-state index in [2.05, 4.69) is 47.2 Å². The van der Waals surface area contributed by atoms with E-state index < -0.39 is 0 Å². The van der Waals surface area contributed by atoms with Crippen molar-refractivity contribution in [1.82, 2.24) is 15.2 Å². The second-order valence-electron chi connectivity index (χ2n) is 4.34. The Labute approximate surface area is 93.5 Å². The summed E-state index contributed by atoms with van der Waals surface area (Å²) in [6.45, 7) is 4.29. The summed E-state index contributed by atoms with van der Waals surface area (Å²) in [6, 6.07) is 8.30. The summed E-state index contributed by atoms with van der Waals surface area (Å²) >= 11 is 0. The summed E-state index contributed by atoms with van der Waals surface area (Å²) in [5.74, 6) is 0.385. The summed E-state index contributed by atoms with van der Waals surface area (Å²) in [4.78, 5) is 3.37. The van der Waals surface area contributed by atoms with Gasteiger partial charge in [0.15, 0.2) is 0 Å². The third kappa shape index (κ3) is 1.21. The number of hydrogen-bond acceptors (Lipinski definition) is 2. The van der Waals surface area contributed by atoms with Crippen LogP contribution in [-0.2, 0) is 0 Å². The van der Waals surface area contributed by atoms with Crippen molar-refractivity contribution in [2.24, 2.45) is 0 Å². The Balaban J connectivity index is 2.53. The van der Waals surface area contributed by atoms with E-state index in [0.717, 1.165) is 16.7 Å². The lowest BCUT2D eigenvalue weighted by atomic mass is 10.0. The number of fused-ring (bicyclic) bond motifs is 3. The fourth-order valence-corrected chi connectivity index (χ4v) is 2.14. The number of aromatic amines is 1. The molecule has 1 N–H and O–H groups in total. The third-order valence-electron chi connectivity index (χ3n) is 2.89. The van der Waals surface area contributed by atoms with Crippen molar-refractivity contribution in [2.75, 3.05) is 0 Å². The minimum Gasteiger partial charge on any atom is -0.353 e. The number of nitrogens with zero attached hydrogens (tertiary/aromatic N) is 2. The summed E-state index contributed by atoms with van der Waals surface area (Å²) in [7, 11) is 0. The molecule has 0 saturated heterocycles. The van der Waals surface area contributed by atoms with Crippen molar-refractivity contribution in [3.63, 3.8) is 0 Å². The van der Waals surface area contributed by atoms with E-state index in [4.69, 9.17) is 0 Å². The molecule has 0 atom stereocenters. The molecule has 2 heterocycles. The highest BCUT2D eigenvalue weighted by Gasteiger charge is 2.12. The van der Waals surface area contributed by atoms with Crippen LogP contribution in [0.1, 0.15) is 25.5 Å². The van der Waals surface area contributed by atoms with Gasteiger partial charge in [-0.05, 0) is 12.0 Å². The molecule has 3 heteroatoms. The molecule has 0 aliphatic carbocycles. The standard InChI is InChI=1S/C13H13N3/c1-8(2)13-12-9-5-3-4-6-10(9)15-11(12)7-14-16-13/h3-8,15H,1-2H3. The van der Waals surface area contributed by atoms with Crippen LogP contribution in [0.4, 0.5) is 0 Å². The average molecular weight is 211 g/mol. The molecular formula is C13H13N3. The van der Waals surface area contributed by atoms with Crippen LogP contribution >= 0.6 is 0 Å². The maximum absolute atomic E-state index is 4.26. The first-order valence-electron chi connectivity index (χ1n) is 5.49. The van der Waals surface area contributed by atoms with Crippen LogP contribution < -0.4 is 0 Å². The summed E-state index contributed by atoms with van der Waals surface area (Å²) in [5.41, 5.74) is 3.28. The maximum atomic E-state index is 4.26. The minimum atomic E-state index is 0.385. The van der Waals surface area contributed by atoms with E-state index in [1.807, 2.05) is 6.07 Å². The molecule has 2 aromatic heterocycles. The van der Waals surface area contributed by atoms with E-state index in [0.29, 0.717) is 5.92 Å². The van der Waals surface area contributed by atoms with Gasteiger partial charge in [0, 0.05) is 16.3 Å². The summed E-state index contributed by atoms with van der Waals surface area (Å²) in [6.07, 6.45) is 1.79. The van der Waals surface area contributed by atoms with Crippen molar-refractivity contribution in [1.29, 1.82) is 0 Å². The highest BCUT2D eigenvalue weighted by atomic mass is 15.1. The van der Waals surface area contributed by atoms with Gasteiger partial charge in [-0.25, -0.2) is 0 Å². The van der Waals surface area contributed by atoms with E-state index in [9.17, 15) is 0 Å². The molecule has 0 saturated carbocycles. The molecular weight excluding hydrogens is 198 g/mol. The number of hydrogen-bond donors (Lipinski definition) is 1. The molecule has 0 aliphatic rings. The molecule has 16 heavy (non-hydrogen) atoms. The highest BCUT2D eigenvalue weighted by Crippen LogP contribution is 2.29. The van der Waals surface area contributed by atoms with Gasteiger partial charge in [-0.15, -0.1) is 0 Å². The van der Waals surface area contributed by atoms with Gasteiger partial charge in [0.2, 0.25) is 0 Å². The Hall–Kier alpha value is -1.90. The predicted octanol–water partition coefficient (Wildman–Crippen LogP) is 3.23. The maximum Gasteiger partial charge on any atom is 0.0756 e. The zero-order valence-electron chi connectivity index (χ0n) is 9.36. The SMILES string of the molecule is CC(C)c1nncc2[nH]c3ccccc3c12. The zero-order chi connectivity index (χ0) is 11.1. The van der Waals surface area contributed by atoms with Crippen molar-refractivity contribution in [2.45, 2.75) is 19.8 Å². The zero-order valence-corrected chi connectivity index (χ0v) is 9.36. The summed E-state index contributed by atoms with van der Waals surface area (Å²) < 4.78 is 0. The lowest BCUT2D eigenvalue weighted by Gasteiger charge is -2.04. The first-order valence-corrected chi connectivity index (χ1v) is 5.49. The van der Waals surface area contributed by atoms with Gasteiger partial charge >= 0.3 is 0 Å². The molecule has 3 nitrogen and oxygen atoms in total. The molecule has 0 spiro atoms. The average Bonchev–Trinajstić information content (AvgIpc) is 2.66. The number of nitrogens with one attached hydrogen (secondary N) is 1. The van der Waals surface area contributed by atoms with Crippen LogP contribution in [0.15, 0.2) is 30.5 Å². The molecule has 0 unspecified atom stereocenters. The van der Waals surface area contributed by atoms with Gasteiger partial charge in [-0.3, -0.25) is 0 Å². The first-order chi connectivity index (χ1) is 7.77. The number of para-hydroxylation sites is 1. The molecule has 0 bridgehead atoms. The van der Waals surface area contributed by atoms with Gasteiger partial charge in [0.05, 0.1) is 17.4 Å². The Morgan fingerprint density at radius 3 is 2.75 bits per heavy atom. The van der Waals surface area contributed by atoms with Crippen molar-refractivity contribution in [3.05, 3.63) is 36.2 Å². The number of aromatic nitrogens is 3. The Kier molecular flexibility index (Phi) is 1.93. The van der Waals surface area contributed by atoms with Gasteiger partial charge in [-0.1, -0.05) is 32.0 Å². The fraction of sp³-hybridized carbons (Fsp3) is 0.231. The monoisotopic (exact) mass is 211 g/mol. The van der Waals surface area contributed by atoms with Crippen LogP contribution in [0.2, 0.25) is 0 Å². The molecule has 0 aliphatic heterocycles. The lowest BCUT2D eigenvalue weighted by molar-refractivity contribution is 0.799. The van der Waals surface area contributed by atoms with Crippen LogP contribution in [0.25, 0.3) is 21.8 Å². The molecule has 0 amide bonds. The van der Waals surface area contributed by atoms with E-state index in [1.165, 1.54) is 10.8 Å². The fourth-order valence-electron chi connectivity index (χ4n) is 2.14. The van der Waals surface area contributed by atoms with Crippen LogP contribution in [-0.4, -0.2) is 15.2 Å². The van der Waals surface area contributed by atoms with E-state index >= 15 is 0 Å². The number of rotatable bonds is 1. The van der Waals surface area contributed by atoms with Gasteiger partial charge in [0.1, 0.15) is 0 Å². The molecule has 1 aromatic carbocycles. The molecule has 0 fully saturated rings. The van der Waals surface area contributed by atoms with Crippen molar-refractivity contribution < 1.29 is 0 Å². The molecule has 0 radical (unpaired) electrons. The molecule has 3 aromatic rings. The Morgan fingerprint density at radius 2 is 1.94 bits per heavy atom. The smallest absolute Gasteiger partial charge is 0.0756 e. The highest BCUT2D eigenvalue weighted by molar-refractivity contribution is 6.08. The van der Waals surface area contributed by atoms with Crippen molar-refractivity contribution in [3.8, 4) is 0 Å².